The zero-order chi connectivity index (χ0) is 16.9. The van der Waals surface area contributed by atoms with Crippen molar-refractivity contribution in [1.29, 1.82) is 0 Å². The van der Waals surface area contributed by atoms with Crippen LogP contribution in [0.3, 0.4) is 0 Å². The van der Waals surface area contributed by atoms with Crippen LogP contribution >= 0.6 is 0 Å². The lowest BCUT2D eigenvalue weighted by Crippen LogP contribution is -2.40. The molecule has 1 heterocycles. The number of aliphatic hydroxyl groups is 1. The lowest BCUT2D eigenvalue weighted by molar-refractivity contribution is 0.0870. The normalized spacial score (nSPS) is 16.9. The molecule has 0 spiro atoms. The molecule has 0 fully saturated rings. The molecule has 0 radical (unpaired) electrons. The van der Waals surface area contributed by atoms with Crippen molar-refractivity contribution in [1.82, 2.24) is 5.32 Å². The molecular formula is C17H26N2O4. The molecule has 6 nitrogen and oxygen atoms in total. The Morgan fingerprint density at radius 1 is 1.48 bits per heavy atom. The van der Waals surface area contributed by atoms with Gasteiger partial charge in [0.1, 0.15) is 11.4 Å². The van der Waals surface area contributed by atoms with Crippen LogP contribution in [0.2, 0.25) is 0 Å². The smallest absolute Gasteiger partial charge is 0.179 e. The maximum absolute atomic E-state index is 12.5. The first-order valence-corrected chi connectivity index (χ1v) is 7.96. The van der Waals surface area contributed by atoms with E-state index in [4.69, 9.17) is 14.6 Å². The van der Waals surface area contributed by atoms with Gasteiger partial charge in [-0.25, -0.2) is 0 Å². The number of aliphatic hydroxyl groups excluding tert-OH is 1. The zero-order valence-corrected chi connectivity index (χ0v) is 14.0. The van der Waals surface area contributed by atoms with E-state index in [-0.39, 0.29) is 24.0 Å². The molecule has 0 aromatic heterocycles. The average molecular weight is 322 g/mol. The number of fused-ring (bicyclic) bond motifs is 1. The predicted molar refractivity (Wildman–Crippen MR) is 89.3 cm³/mol. The number of ketones is 1. The Morgan fingerprint density at radius 3 is 3.00 bits per heavy atom. The summed E-state index contributed by atoms with van der Waals surface area (Å²) in [5.74, 6) is 0.803. The molecule has 23 heavy (non-hydrogen) atoms. The number of carbonyl (C=O) groups excluding carboxylic acids is 1. The Kier molecular flexibility index (Phi) is 5.98. The third kappa shape index (κ3) is 4.92. The monoisotopic (exact) mass is 322 g/mol. The third-order valence-electron chi connectivity index (χ3n) is 3.68. The largest absolute Gasteiger partial charge is 0.484 e. The second-order valence-corrected chi connectivity index (χ2v) is 6.30. The van der Waals surface area contributed by atoms with E-state index in [1.54, 1.807) is 6.07 Å². The molecule has 1 aromatic rings. The molecule has 2 rings (SSSR count). The van der Waals surface area contributed by atoms with Gasteiger partial charge in [0, 0.05) is 12.1 Å². The standard InChI is InChI=1S/C17H26N2O4/c1-12(18-6-8-22-9-7-20)16(21)13-4-5-15-14(10-13)19-11-17(2,3)23-15/h4-5,10,12,18-20H,6-9,11H2,1-3H3. The minimum atomic E-state index is -0.299. The van der Waals surface area contributed by atoms with E-state index in [1.165, 1.54) is 0 Å². The predicted octanol–water partition coefficient (Wildman–Crippen LogP) is 1.44. The van der Waals surface area contributed by atoms with Crippen LogP contribution in [-0.2, 0) is 4.74 Å². The van der Waals surface area contributed by atoms with Gasteiger partial charge in [-0.15, -0.1) is 0 Å². The molecule has 0 aliphatic carbocycles. The average Bonchev–Trinajstić information content (AvgIpc) is 2.52. The number of ether oxygens (including phenoxy) is 2. The highest BCUT2D eigenvalue weighted by molar-refractivity contribution is 6.01. The molecule has 0 saturated carbocycles. The minimum absolute atomic E-state index is 0.00941. The van der Waals surface area contributed by atoms with Crippen LogP contribution in [0.4, 0.5) is 5.69 Å². The highest BCUT2D eigenvalue weighted by Crippen LogP contribution is 2.33. The first kappa shape index (κ1) is 17.7. The van der Waals surface area contributed by atoms with Crippen molar-refractivity contribution in [3.63, 3.8) is 0 Å². The first-order chi connectivity index (χ1) is 10.9. The van der Waals surface area contributed by atoms with Gasteiger partial charge in [0.25, 0.3) is 0 Å². The van der Waals surface area contributed by atoms with E-state index >= 15 is 0 Å². The number of Topliss-reactive ketones (excluding diaryl/α,β-unsaturated/α-hetero) is 1. The summed E-state index contributed by atoms with van der Waals surface area (Å²) in [5.41, 5.74) is 1.26. The van der Waals surface area contributed by atoms with Gasteiger partial charge < -0.3 is 25.2 Å². The molecular weight excluding hydrogens is 296 g/mol. The second kappa shape index (κ2) is 7.77. The Bertz CT molecular complexity index is 545. The number of benzene rings is 1. The molecule has 128 valence electrons. The summed E-state index contributed by atoms with van der Waals surface area (Å²) in [6, 6.07) is 5.18. The highest BCUT2D eigenvalue weighted by Gasteiger charge is 2.27. The summed E-state index contributed by atoms with van der Waals surface area (Å²) in [7, 11) is 0. The van der Waals surface area contributed by atoms with Crippen molar-refractivity contribution in [2.75, 3.05) is 38.2 Å². The lowest BCUT2D eigenvalue weighted by atomic mass is 10.0. The second-order valence-electron chi connectivity index (χ2n) is 6.30. The van der Waals surface area contributed by atoms with Crippen molar-refractivity contribution >= 4 is 11.5 Å². The lowest BCUT2D eigenvalue weighted by Gasteiger charge is -2.33. The Balaban J connectivity index is 1.92. The summed E-state index contributed by atoms with van der Waals surface area (Å²) in [6.45, 7) is 7.93. The van der Waals surface area contributed by atoms with Gasteiger partial charge in [-0.1, -0.05) is 0 Å². The molecule has 1 aliphatic heterocycles. The fourth-order valence-electron chi connectivity index (χ4n) is 2.41. The van der Waals surface area contributed by atoms with E-state index in [9.17, 15) is 4.79 Å². The first-order valence-electron chi connectivity index (χ1n) is 7.96. The SMILES string of the molecule is CC(NCCOCCO)C(=O)c1ccc2c(c1)NCC(C)(C)O2. The molecule has 0 bridgehead atoms. The molecule has 1 aliphatic rings. The van der Waals surface area contributed by atoms with E-state index in [0.29, 0.717) is 31.9 Å². The van der Waals surface area contributed by atoms with Gasteiger partial charge in [-0.2, -0.15) is 0 Å². The Hall–Kier alpha value is -1.63. The Labute approximate surface area is 137 Å². The van der Waals surface area contributed by atoms with Crippen LogP contribution in [0.15, 0.2) is 18.2 Å². The van der Waals surface area contributed by atoms with Crippen molar-refractivity contribution in [3.05, 3.63) is 23.8 Å². The van der Waals surface area contributed by atoms with Crippen LogP contribution in [0.25, 0.3) is 0 Å². The van der Waals surface area contributed by atoms with Gasteiger partial charge in [0.05, 0.1) is 38.1 Å². The number of carbonyl (C=O) groups is 1. The number of rotatable bonds is 8. The maximum Gasteiger partial charge on any atom is 0.179 e. The summed E-state index contributed by atoms with van der Waals surface area (Å²) in [6.07, 6.45) is 0. The summed E-state index contributed by atoms with van der Waals surface area (Å²) >= 11 is 0. The summed E-state index contributed by atoms with van der Waals surface area (Å²) < 4.78 is 11.1. The highest BCUT2D eigenvalue weighted by atomic mass is 16.5. The number of hydrogen-bond donors (Lipinski definition) is 3. The van der Waals surface area contributed by atoms with Gasteiger partial charge in [-0.3, -0.25) is 4.79 Å². The fourth-order valence-corrected chi connectivity index (χ4v) is 2.41. The van der Waals surface area contributed by atoms with Crippen molar-refractivity contribution < 1.29 is 19.4 Å². The number of anilines is 1. The number of nitrogens with one attached hydrogen (secondary N) is 2. The molecule has 6 heteroatoms. The van der Waals surface area contributed by atoms with Gasteiger partial charge in [-0.05, 0) is 39.0 Å². The molecule has 3 N–H and O–H groups in total. The van der Waals surface area contributed by atoms with Crippen molar-refractivity contribution in [3.8, 4) is 5.75 Å². The third-order valence-corrected chi connectivity index (χ3v) is 3.68. The number of hydrogen-bond acceptors (Lipinski definition) is 6. The zero-order valence-electron chi connectivity index (χ0n) is 14.0. The van der Waals surface area contributed by atoms with E-state index < -0.39 is 0 Å². The van der Waals surface area contributed by atoms with E-state index in [2.05, 4.69) is 10.6 Å². The van der Waals surface area contributed by atoms with Crippen LogP contribution in [-0.4, -0.2) is 55.4 Å². The fraction of sp³-hybridized carbons (Fsp3) is 0.588. The van der Waals surface area contributed by atoms with Gasteiger partial charge >= 0.3 is 0 Å². The molecule has 1 unspecified atom stereocenters. The Morgan fingerprint density at radius 2 is 2.26 bits per heavy atom. The van der Waals surface area contributed by atoms with Crippen LogP contribution < -0.4 is 15.4 Å². The van der Waals surface area contributed by atoms with Gasteiger partial charge in [0.2, 0.25) is 0 Å². The van der Waals surface area contributed by atoms with Crippen LogP contribution in [0, 0.1) is 0 Å². The molecule has 1 aromatic carbocycles. The van der Waals surface area contributed by atoms with E-state index in [1.807, 2.05) is 32.9 Å². The molecule has 0 saturated heterocycles. The molecule has 1 atom stereocenters. The quantitative estimate of drug-likeness (QED) is 0.496. The van der Waals surface area contributed by atoms with E-state index in [0.717, 1.165) is 11.4 Å². The van der Waals surface area contributed by atoms with Crippen molar-refractivity contribution in [2.24, 2.45) is 0 Å². The van der Waals surface area contributed by atoms with Crippen LogP contribution in [0.5, 0.6) is 5.75 Å². The van der Waals surface area contributed by atoms with Crippen molar-refractivity contribution in [2.45, 2.75) is 32.4 Å². The maximum atomic E-state index is 12.5. The van der Waals surface area contributed by atoms with Crippen LogP contribution in [0.1, 0.15) is 31.1 Å². The minimum Gasteiger partial charge on any atom is -0.484 e. The summed E-state index contributed by atoms with van der Waals surface area (Å²) in [4.78, 5) is 12.5. The molecule has 0 amide bonds. The topological polar surface area (TPSA) is 79.8 Å². The summed E-state index contributed by atoms with van der Waals surface area (Å²) in [5, 5.41) is 15.1. The van der Waals surface area contributed by atoms with Gasteiger partial charge in [0.15, 0.2) is 5.78 Å².